The molecule has 0 amide bonds. The summed E-state index contributed by atoms with van der Waals surface area (Å²) in [6.07, 6.45) is 1.10. The van der Waals surface area contributed by atoms with Crippen molar-refractivity contribution in [3.8, 4) is 0 Å². The zero-order valence-electron chi connectivity index (χ0n) is 8.08. The van der Waals surface area contributed by atoms with E-state index in [1.807, 2.05) is 0 Å². The van der Waals surface area contributed by atoms with Gasteiger partial charge in [0.15, 0.2) is 6.29 Å². The van der Waals surface area contributed by atoms with E-state index in [0.717, 1.165) is 6.42 Å². The molecule has 1 saturated heterocycles. The fraction of sp³-hybridized carbons (Fsp3) is 1.00. The summed E-state index contributed by atoms with van der Waals surface area (Å²) < 4.78 is 16.0. The molecule has 0 aliphatic carbocycles. The summed E-state index contributed by atoms with van der Waals surface area (Å²) in [5.74, 6) is 0.622. The first-order valence-electron chi connectivity index (χ1n) is 4.48. The molecule has 1 fully saturated rings. The molecule has 0 aromatic rings. The normalized spacial score (nSPS) is 30.0. The molecule has 12 heavy (non-hydrogen) atoms. The highest BCUT2D eigenvalue weighted by Gasteiger charge is 2.25. The van der Waals surface area contributed by atoms with Crippen molar-refractivity contribution in [1.29, 1.82) is 0 Å². The lowest BCUT2D eigenvalue weighted by Gasteiger charge is -2.12. The van der Waals surface area contributed by atoms with Crippen LogP contribution in [0.2, 0.25) is 0 Å². The minimum atomic E-state index is -0.00912. The lowest BCUT2D eigenvalue weighted by atomic mass is 10.1. The molecule has 2 atom stereocenters. The third-order valence-electron chi connectivity index (χ3n) is 1.83. The Kier molecular flexibility index (Phi) is 3.98. The zero-order valence-corrected chi connectivity index (χ0v) is 8.08. The van der Waals surface area contributed by atoms with Crippen LogP contribution < -0.4 is 0 Å². The molecule has 0 aromatic heterocycles. The monoisotopic (exact) mass is 174 g/mol. The minimum Gasteiger partial charge on any atom is -0.382 e. The van der Waals surface area contributed by atoms with E-state index in [0.29, 0.717) is 19.1 Å². The maximum absolute atomic E-state index is 5.57. The molecule has 72 valence electrons. The first kappa shape index (κ1) is 9.96. The Bertz CT molecular complexity index is 125. The average molecular weight is 174 g/mol. The number of rotatable bonds is 4. The summed E-state index contributed by atoms with van der Waals surface area (Å²) in [7, 11) is 1.68. The van der Waals surface area contributed by atoms with Crippen molar-refractivity contribution < 1.29 is 14.2 Å². The Morgan fingerprint density at radius 2 is 2.25 bits per heavy atom. The van der Waals surface area contributed by atoms with Gasteiger partial charge in [-0.3, -0.25) is 0 Å². The summed E-state index contributed by atoms with van der Waals surface area (Å²) in [4.78, 5) is 0. The molecule has 0 aromatic carbocycles. The predicted molar refractivity (Wildman–Crippen MR) is 45.9 cm³/mol. The van der Waals surface area contributed by atoms with E-state index in [9.17, 15) is 0 Å². The number of hydrogen-bond acceptors (Lipinski definition) is 3. The van der Waals surface area contributed by atoms with Gasteiger partial charge < -0.3 is 14.2 Å². The van der Waals surface area contributed by atoms with Crippen LogP contribution in [0.5, 0.6) is 0 Å². The highest BCUT2D eigenvalue weighted by Crippen LogP contribution is 2.18. The molecule has 0 saturated carbocycles. The molecule has 1 heterocycles. The van der Waals surface area contributed by atoms with Gasteiger partial charge in [0, 0.05) is 13.5 Å². The van der Waals surface area contributed by atoms with E-state index in [4.69, 9.17) is 14.2 Å². The van der Waals surface area contributed by atoms with Crippen molar-refractivity contribution in [2.45, 2.75) is 32.7 Å². The molecule has 1 aliphatic heterocycles. The summed E-state index contributed by atoms with van der Waals surface area (Å²) in [5, 5.41) is 0. The summed E-state index contributed by atoms with van der Waals surface area (Å²) >= 11 is 0. The van der Waals surface area contributed by atoms with Crippen LogP contribution in [0.1, 0.15) is 20.3 Å². The summed E-state index contributed by atoms with van der Waals surface area (Å²) in [6.45, 7) is 5.63. The van der Waals surface area contributed by atoms with Gasteiger partial charge in [0.05, 0.1) is 13.2 Å². The van der Waals surface area contributed by atoms with E-state index in [2.05, 4.69) is 13.8 Å². The van der Waals surface area contributed by atoms with Gasteiger partial charge in [-0.1, -0.05) is 13.8 Å². The standard InChI is InChI=1S/C9H18O3/c1-7(2)4-9-11-6-8(12-9)5-10-3/h7-9H,4-6H2,1-3H3. The van der Waals surface area contributed by atoms with Crippen LogP contribution in [-0.4, -0.2) is 32.7 Å². The second-order valence-electron chi connectivity index (χ2n) is 3.61. The first-order chi connectivity index (χ1) is 5.72. The molecule has 1 rings (SSSR count). The Morgan fingerprint density at radius 3 is 2.83 bits per heavy atom. The number of methoxy groups -OCH3 is 1. The van der Waals surface area contributed by atoms with Gasteiger partial charge in [0.2, 0.25) is 0 Å². The van der Waals surface area contributed by atoms with Crippen molar-refractivity contribution in [2.75, 3.05) is 20.3 Å². The van der Waals surface area contributed by atoms with Crippen molar-refractivity contribution >= 4 is 0 Å². The number of hydrogen-bond donors (Lipinski definition) is 0. The topological polar surface area (TPSA) is 27.7 Å². The first-order valence-corrected chi connectivity index (χ1v) is 4.48. The third-order valence-corrected chi connectivity index (χ3v) is 1.83. The molecule has 0 bridgehead atoms. The van der Waals surface area contributed by atoms with Crippen molar-refractivity contribution in [3.05, 3.63) is 0 Å². The zero-order chi connectivity index (χ0) is 8.97. The summed E-state index contributed by atoms with van der Waals surface area (Å²) in [6, 6.07) is 0. The molecule has 0 radical (unpaired) electrons. The molecule has 1 aliphatic rings. The van der Waals surface area contributed by atoms with Gasteiger partial charge >= 0.3 is 0 Å². The Morgan fingerprint density at radius 1 is 1.50 bits per heavy atom. The molecule has 3 nitrogen and oxygen atoms in total. The minimum absolute atomic E-state index is 0.00912. The average Bonchev–Trinajstić information content (AvgIpc) is 2.36. The Balaban J connectivity index is 2.16. The largest absolute Gasteiger partial charge is 0.382 e. The second-order valence-corrected chi connectivity index (χ2v) is 3.61. The Hall–Kier alpha value is -0.120. The predicted octanol–water partition coefficient (Wildman–Crippen LogP) is 1.42. The third kappa shape index (κ3) is 3.09. The maximum atomic E-state index is 5.57. The van der Waals surface area contributed by atoms with Crippen LogP contribution in [0, 0.1) is 5.92 Å². The molecule has 3 heteroatoms. The van der Waals surface area contributed by atoms with Crippen molar-refractivity contribution in [3.63, 3.8) is 0 Å². The van der Waals surface area contributed by atoms with E-state index < -0.39 is 0 Å². The van der Waals surface area contributed by atoms with E-state index in [1.54, 1.807) is 7.11 Å². The maximum Gasteiger partial charge on any atom is 0.158 e. The van der Waals surface area contributed by atoms with E-state index in [-0.39, 0.29) is 12.4 Å². The molecular formula is C9H18O3. The lowest BCUT2D eigenvalue weighted by molar-refractivity contribution is -0.0780. The Labute approximate surface area is 74.0 Å². The van der Waals surface area contributed by atoms with Gasteiger partial charge in [-0.25, -0.2) is 0 Å². The van der Waals surface area contributed by atoms with Gasteiger partial charge in [0.1, 0.15) is 6.10 Å². The van der Waals surface area contributed by atoms with Crippen LogP contribution >= 0.6 is 0 Å². The highest BCUT2D eigenvalue weighted by atomic mass is 16.7. The quantitative estimate of drug-likeness (QED) is 0.645. The SMILES string of the molecule is COCC1COC(CC(C)C)O1. The smallest absolute Gasteiger partial charge is 0.158 e. The van der Waals surface area contributed by atoms with E-state index in [1.165, 1.54) is 0 Å². The fourth-order valence-electron chi connectivity index (χ4n) is 1.29. The van der Waals surface area contributed by atoms with Gasteiger partial charge in [-0.05, 0) is 5.92 Å². The molecule has 0 N–H and O–H groups in total. The molecular weight excluding hydrogens is 156 g/mol. The fourth-order valence-corrected chi connectivity index (χ4v) is 1.29. The summed E-state index contributed by atoms with van der Waals surface area (Å²) in [5.41, 5.74) is 0. The molecule has 0 spiro atoms. The number of ether oxygens (including phenoxy) is 3. The van der Waals surface area contributed by atoms with Crippen molar-refractivity contribution in [2.24, 2.45) is 5.92 Å². The van der Waals surface area contributed by atoms with E-state index >= 15 is 0 Å². The second kappa shape index (κ2) is 4.80. The van der Waals surface area contributed by atoms with Gasteiger partial charge in [0.25, 0.3) is 0 Å². The molecule has 2 unspecified atom stereocenters. The van der Waals surface area contributed by atoms with Crippen LogP contribution in [-0.2, 0) is 14.2 Å². The lowest BCUT2D eigenvalue weighted by Crippen LogP contribution is -2.18. The van der Waals surface area contributed by atoms with Gasteiger partial charge in [-0.15, -0.1) is 0 Å². The van der Waals surface area contributed by atoms with Crippen LogP contribution in [0.15, 0.2) is 0 Å². The van der Waals surface area contributed by atoms with Crippen LogP contribution in [0.4, 0.5) is 0 Å². The van der Waals surface area contributed by atoms with Crippen LogP contribution in [0.3, 0.4) is 0 Å². The van der Waals surface area contributed by atoms with Gasteiger partial charge in [-0.2, -0.15) is 0 Å². The highest BCUT2D eigenvalue weighted by molar-refractivity contribution is 4.65. The van der Waals surface area contributed by atoms with Crippen LogP contribution in [0.25, 0.3) is 0 Å². The van der Waals surface area contributed by atoms with Crippen molar-refractivity contribution in [1.82, 2.24) is 0 Å².